The molecule has 7 nitrogen and oxygen atoms in total. The highest BCUT2D eigenvalue weighted by atomic mass is 16.7. The van der Waals surface area contributed by atoms with Crippen molar-refractivity contribution in [2.75, 3.05) is 32.8 Å². The summed E-state index contributed by atoms with van der Waals surface area (Å²) in [7, 11) is 0. The quantitative estimate of drug-likeness (QED) is 0.608. The molecule has 0 spiro atoms. The minimum absolute atomic E-state index is 0.0378. The summed E-state index contributed by atoms with van der Waals surface area (Å²) >= 11 is 0. The molecule has 7 heteroatoms. The summed E-state index contributed by atoms with van der Waals surface area (Å²) < 4.78 is 9.70. The predicted molar refractivity (Wildman–Crippen MR) is 96.0 cm³/mol. The fourth-order valence-electron chi connectivity index (χ4n) is 2.80. The lowest BCUT2D eigenvalue weighted by molar-refractivity contribution is -0.134. The summed E-state index contributed by atoms with van der Waals surface area (Å²) in [6.45, 7) is 8.05. The van der Waals surface area contributed by atoms with Gasteiger partial charge in [0.15, 0.2) is 0 Å². The average Bonchev–Trinajstić information content (AvgIpc) is 2.87. The maximum Gasteiger partial charge on any atom is 0.513 e. The van der Waals surface area contributed by atoms with E-state index in [2.05, 4.69) is 0 Å². The van der Waals surface area contributed by atoms with Crippen LogP contribution < -0.4 is 4.74 Å². The van der Waals surface area contributed by atoms with Gasteiger partial charge in [-0.2, -0.15) is 0 Å². The van der Waals surface area contributed by atoms with Gasteiger partial charge in [-0.15, -0.1) is 0 Å². The lowest BCUT2D eigenvalue weighted by Gasteiger charge is -2.23. The SMILES string of the molecule is CCOC(=O)Oc1ccc(C(=O)N2CCCN(C(=O)C(C)C)CC2)cc1. The molecule has 0 N–H and O–H groups in total. The van der Waals surface area contributed by atoms with Gasteiger partial charge < -0.3 is 19.3 Å². The van der Waals surface area contributed by atoms with Crippen LogP contribution in [0, 0.1) is 5.92 Å². The van der Waals surface area contributed by atoms with Gasteiger partial charge in [-0.1, -0.05) is 13.8 Å². The molecule has 1 saturated heterocycles. The second-order valence-corrected chi connectivity index (χ2v) is 6.44. The number of hydrogen-bond donors (Lipinski definition) is 0. The Balaban J connectivity index is 1.96. The molecule has 26 heavy (non-hydrogen) atoms. The first-order valence-electron chi connectivity index (χ1n) is 8.95. The van der Waals surface area contributed by atoms with E-state index < -0.39 is 6.16 Å². The molecule has 0 aliphatic carbocycles. The highest BCUT2D eigenvalue weighted by Crippen LogP contribution is 2.16. The molecule has 0 atom stereocenters. The minimum Gasteiger partial charge on any atom is -0.434 e. The first kappa shape index (κ1) is 19.8. The molecule has 1 aromatic rings. The maximum absolute atomic E-state index is 12.7. The smallest absolute Gasteiger partial charge is 0.434 e. The Morgan fingerprint density at radius 2 is 1.62 bits per heavy atom. The van der Waals surface area contributed by atoms with E-state index in [1.807, 2.05) is 18.7 Å². The highest BCUT2D eigenvalue weighted by molar-refractivity contribution is 5.94. The topological polar surface area (TPSA) is 76.2 Å². The number of benzene rings is 1. The van der Waals surface area contributed by atoms with E-state index in [0.29, 0.717) is 37.5 Å². The first-order valence-corrected chi connectivity index (χ1v) is 8.95. The molecule has 1 aromatic carbocycles. The van der Waals surface area contributed by atoms with Crippen molar-refractivity contribution in [1.29, 1.82) is 0 Å². The number of hydrogen-bond acceptors (Lipinski definition) is 5. The van der Waals surface area contributed by atoms with Crippen molar-refractivity contribution in [2.24, 2.45) is 5.92 Å². The van der Waals surface area contributed by atoms with Crippen LogP contribution in [0.2, 0.25) is 0 Å². The standard InChI is InChI=1S/C19H26N2O5/c1-4-25-19(24)26-16-8-6-15(7-9-16)18(23)21-11-5-10-20(12-13-21)17(22)14(2)3/h6-9,14H,4-5,10-13H2,1-3H3. The minimum atomic E-state index is -0.769. The van der Waals surface area contributed by atoms with Crippen molar-refractivity contribution in [1.82, 2.24) is 9.80 Å². The molecule has 142 valence electrons. The molecular weight excluding hydrogens is 336 g/mol. The van der Waals surface area contributed by atoms with Gasteiger partial charge in [0.05, 0.1) is 6.61 Å². The molecule has 1 aliphatic heterocycles. The summed E-state index contributed by atoms with van der Waals surface area (Å²) in [5.41, 5.74) is 0.518. The third-order valence-electron chi connectivity index (χ3n) is 4.15. The van der Waals surface area contributed by atoms with Gasteiger partial charge in [-0.25, -0.2) is 4.79 Å². The Bertz CT molecular complexity index is 642. The van der Waals surface area contributed by atoms with Crippen LogP contribution in [0.25, 0.3) is 0 Å². The Morgan fingerprint density at radius 1 is 1.00 bits per heavy atom. The van der Waals surface area contributed by atoms with Gasteiger partial charge in [0, 0.05) is 37.7 Å². The second kappa shape index (κ2) is 9.22. The van der Waals surface area contributed by atoms with Crippen LogP contribution in [0.3, 0.4) is 0 Å². The van der Waals surface area contributed by atoms with E-state index in [-0.39, 0.29) is 24.3 Å². The van der Waals surface area contributed by atoms with E-state index in [4.69, 9.17) is 9.47 Å². The van der Waals surface area contributed by atoms with Gasteiger partial charge in [0.1, 0.15) is 5.75 Å². The summed E-state index contributed by atoms with van der Waals surface area (Å²) in [5, 5.41) is 0. The lowest BCUT2D eigenvalue weighted by Crippen LogP contribution is -2.38. The zero-order valence-corrected chi connectivity index (χ0v) is 15.6. The number of amides is 2. The van der Waals surface area contributed by atoms with Crippen LogP contribution in [-0.4, -0.2) is 60.6 Å². The van der Waals surface area contributed by atoms with Crippen molar-refractivity contribution < 1.29 is 23.9 Å². The number of nitrogens with zero attached hydrogens (tertiary/aromatic N) is 2. The van der Waals surface area contributed by atoms with E-state index in [1.165, 1.54) is 0 Å². The van der Waals surface area contributed by atoms with Gasteiger partial charge >= 0.3 is 6.16 Å². The fourth-order valence-corrected chi connectivity index (χ4v) is 2.80. The largest absolute Gasteiger partial charge is 0.513 e. The molecule has 2 rings (SSSR count). The summed E-state index contributed by atoms with van der Waals surface area (Å²) in [5.74, 6) is 0.320. The molecular formula is C19H26N2O5. The van der Waals surface area contributed by atoms with E-state index in [1.54, 1.807) is 36.1 Å². The third kappa shape index (κ3) is 5.21. The molecule has 1 heterocycles. The molecule has 1 aliphatic rings. The normalized spacial score (nSPS) is 14.8. The van der Waals surface area contributed by atoms with Crippen LogP contribution in [0.5, 0.6) is 5.75 Å². The van der Waals surface area contributed by atoms with Gasteiger partial charge in [-0.3, -0.25) is 9.59 Å². The number of ether oxygens (including phenoxy) is 2. The predicted octanol–water partition coefficient (Wildman–Crippen LogP) is 2.55. The van der Waals surface area contributed by atoms with Crippen LogP contribution in [0.15, 0.2) is 24.3 Å². The van der Waals surface area contributed by atoms with E-state index in [9.17, 15) is 14.4 Å². The van der Waals surface area contributed by atoms with Crippen LogP contribution in [0.4, 0.5) is 4.79 Å². The summed E-state index contributed by atoms with van der Waals surface area (Å²) in [6, 6.07) is 6.38. The number of carbonyl (C=O) groups excluding carboxylic acids is 3. The molecule has 1 fully saturated rings. The maximum atomic E-state index is 12.7. The Kier molecular flexibility index (Phi) is 7.00. The van der Waals surface area contributed by atoms with E-state index >= 15 is 0 Å². The van der Waals surface area contributed by atoms with Crippen LogP contribution in [-0.2, 0) is 9.53 Å². The fraction of sp³-hybridized carbons (Fsp3) is 0.526. The first-order chi connectivity index (χ1) is 12.4. The Hall–Kier alpha value is -2.57. The van der Waals surface area contributed by atoms with Crippen molar-refractivity contribution >= 4 is 18.0 Å². The average molecular weight is 362 g/mol. The highest BCUT2D eigenvalue weighted by Gasteiger charge is 2.24. The zero-order valence-electron chi connectivity index (χ0n) is 15.6. The van der Waals surface area contributed by atoms with Crippen molar-refractivity contribution in [3.8, 4) is 5.75 Å². The molecule has 2 amide bonds. The van der Waals surface area contributed by atoms with E-state index in [0.717, 1.165) is 6.42 Å². The van der Waals surface area contributed by atoms with Gasteiger partial charge in [0.25, 0.3) is 5.91 Å². The Labute approximate surface area is 153 Å². The monoisotopic (exact) mass is 362 g/mol. The van der Waals surface area contributed by atoms with Crippen molar-refractivity contribution in [3.05, 3.63) is 29.8 Å². The van der Waals surface area contributed by atoms with Crippen molar-refractivity contribution in [3.63, 3.8) is 0 Å². The summed E-state index contributed by atoms with van der Waals surface area (Å²) in [4.78, 5) is 39.7. The van der Waals surface area contributed by atoms with Crippen molar-refractivity contribution in [2.45, 2.75) is 27.2 Å². The molecule has 0 aromatic heterocycles. The Morgan fingerprint density at radius 3 is 2.23 bits per heavy atom. The molecule has 0 saturated carbocycles. The second-order valence-electron chi connectivity index (χ2n) is 6.44. The molecule has 0 unspecified atom stereocenters. The summed E-state index contributed by atoms with van der Waals surface area (Å²) in [6.07, 6.45) is -0.0113. The zero-order chi connectivity index (χ0) is 19.1. The molecule has 0 radical (unpaired) electrons. The molecule has 0 bridgehead atoms. The number of rotatable bonds is 4. The van der Waals surface area contributed by atoms with Gasteiger partial charge in [-0.05, 0) is 37.6 Å². The van der Waals surface area contributed by atoms with Crippen LogP contribution >= 0.6 is 0 Å². The van der Waals surface area contributed by atoms with Crippen LogP contribution in [0.1, 0.15) is 37.6 Å². The third-order valence-corrected chi connectivity index (χ3v) is 4.15. The lowest BCUT2D eigenvalue weighted by atomic mass is 10.2. The number of carbonyl (C=O) groups is 3. The van der Waals surface area contributed by atoms with Gasteiger partial charge in [0.2, 0.25) is 5.91 Å².